The molecule has 0 bridgehead atoms. The van der Waals surface area contributed by atoms with E-state index in [1.54, 1.807) is 4.90 Å². The van der Waals surface area contributed by atoms with Crippen molar-refractivity contribution in [2.45, 2.75) is 29.9 Å². The molecule has 1 fully saturated rings. The minimum atomic E-state index is -3.19. The maximum Gasteiger partial charge on any atom is 0.274 e. The molecule has 0 aliphatic carbocycles. The molecular formula is C25H27ClN4O3S2. The molecule has 10 heteroatoms. The van der Waals surface area contributed by atoms with E-state index < -0.39 is 21.8 Å². The molecule has 184 valence electrons. The van der Waals surface area contributed by atoms with E-state index >= 15 is 0 Å². The molecule has 1 aliphatic rings. The summed E-state index contributed by atoms with van der Waals surface area (Å²) in [7, 11) is 0.720. The fourth-order valence-electron chi connectivity index (χ4n) is 3.91. The smallest absolute Gasteiger partial charge is 0.274 e. The van der Waals surface area contributed by atoms with Gasteiger partial charge in [-0.05, 0) is 29.7 Å². The number of hydrogen-bond donors (Lipinski definition) is 0. The summed E-state index contributed by atoms with van der Waals surface area (Å²) in [6.45, 7) is 0.263. The standard InChI is InChI=1S/C25H27ClN4O3S2/c1-29(2)20-10-8-18(9-11-20)15-30(21-12-13-35(32,33)17-21)24(31)23-22(26)14-27-25(28-23)34-16-19-6-4-3-5-7-19/h3-11,14,21H,12-13,15-17H2,1-2H3/t21-/m0/s1. The van der Waals surface area contributed by atoms with Gasteiger partial charge in [0, 0.05) is 38.1 Å². The number of rotatable bonds is 8. The largest absolute Gasteiger partial charge is 0.378 e. The van der Waals surface area contributed by atoms with Crippen molar-refractivity contribution in [3.63, 3.8) is 0 Å². The SMILES string of the molecule is CN(C)c1ccc(CN(C(=O)c2nc(SCc3ccccc3)ncc2Cl)[C@H]2CCS(=O)(=O)C2)cc1. The van der Waals surface area contributed by atoms with Gasteiger partial charge in [-0.3, -0.25) is 4.79 Å². The molecule has 3 aromatic rings. The Labute approximate surface area is 215 Å². The molecule has 1 atom stereocenters. The van der Waals surface area contributed by atoms with E-state index in [9.17, 15) is 13.2 Å². The summed E-state index contributed by atoms with van der Waals surface area (Å²) in [6, 6.07) is 17.3. The van der Waals surface area contributed by atoms with Gasteiger partial charge in [0.1, 0.15) is 0 Å². The number of benzene rings is 2. The molecule has 1 amide bonds. The lowest BCUT2D eigenvalue weighted by molar-refractivity contribution is 0.0674. The highest BCUT2D eigenvalue weighted by Crippen LogP contribution is 2.27. The first kappa shape index (κ1) is 25.5. The highest BCUT2D eigenvalue weighted by molar-refractivity contribution is 7.98. The van der Waals surface area contributed by atoms with Crippen LogP contribution in [0, 0.1) is 0 Å². The molecular weight excluding hydrogens is 504 g/mol. The van der Waals surface area contributed by atoms with Gasteiger partial charge < -0.3 is 9.80 Å². The van der Waals surface area contributed by atoms with Gasteiger partial charge in [-0.25, -0.2) is 18.4 Å². The molecule has 2 aromatic carbocycles. The Hall–Kier alpha value is -2.62. The van der Waals surface area contributed by atoms with E-state index in [1.807, 2.05) is 73.6 Å². The molecule has 0 spiro atoms. The Morgan fingerprint density at radius 2 is 1.80 bits per heavy atom. The lowest BCUT2D eigenvalue weighted by Gasteiger charge is -2.28. The first-order valence-corrected chi connectivity index (χ1v) is 14.4. The van der Waals surface area contributed by atoms with Gasteiger partial charge in [0.2, 0.25) is 0 Å². The van der Waals surface area contributed by atoms with Crippen molar-refractivity contribution in [2.24, 2.45) is 0 Å². The number of halogens is 1. The van der Waals surface area contributed by atoms with Crippen LogP contribution < -0.4 is 4.90 Å². The van der Waals surface area contributed by atoms with Crippen LogP contribution in [0.4, 0.5) is 5.69 Å². The van der Waals surface area contributed by atoms with E-state index in [-0.39, 0.29) is 28.8 Å². The van der Waals surface area contributed by atoms with Crippen LogP contribution in [0.5, 0.6) is 0 Å². The molecule has 0 radical (unpaired) electrons. The van der Waals surface area contributed by atoms with Crippen LogP contribution >= 0.6 is 23.4 Å². The van der Waals surface area contributed by atoms with Crippen LogP contribution in [-0.4, -0.2) is 60.8 Å². The van der Waals surface area contributed by atoms with Crippen molar-refractivity contribution in [2.75, 3.05) is 30.5 Å². The average molecular weight is 531 g/mol. The number of aromatic nitrogens is 2. The number of thioether (sulfide) groups is 1. The van der Waals surface area contributed by atoms with E-state index in [4.69, 9.17) is 11.6 Å². The van der Waals surface area contributed by atoms with Crippen molar-refractivity contribution in [3.8, 4) is 0 Å². The molecule has 1 aromatic heterocycles. The number of amides is 1. The summed E-state index contributed by atoms with van der Waals surface area (Å²) < 4.78 is 24.4. The summed E-state index contributed by atoms with van der Waals surface area (Å²) in [5, 5.41) is 0.587. The maximum absolute atomic E-state index is 13.7. The molecule has 7 nitrogen and oxygen atoms in total. The second-order valence-corrected chi connectivity index (χ2v) is 12.3. The minimum Gasteiger partial charge on any atom is -0.378 e. The predicted octanol–water partition coefficient (Wildman–Crippen LogP) is 4.32. The van der Waals surface area contributed by atoms with Gasteiger partial charge in [0.25, 0.3) is 5.91 Å². The predicted molar refractivity (Wildman–Crippen MR) is 141 cm³/mol. The first-order chi connectivity index (χ1) is 16.7. The highest BCUT2D eigenvalue weighted by Gasteiger charge is 2.36. The lowest BCUT2D eigenvalue weighted by Crippen LogP contribution is -2.41. The first-order valence-electron chi connectivity index (χ1n) is 11.2. The molecule has 0 N–H and O–H groups in total. The van der Waals surface area contributed by atoms with Gasteiger partial charge >= 0.3 is 0 Å². The number of carbonyl (C=O) groups excluding carboxylic acids is 1. The van der Waals surface area contributed by atoms with Crippen LogP contribution in [-0.2, 0) is 22.1 Å². The zero-order valence-electron chi connectivity index (χ0n) is 19.6. The molecule has 1 saturated heterocycles. The third kappa shape index (κ3) is 6.54. The third-order valence-corrected chi connectivity index (χ3v) is 8.81. The van der Waals surface area contributed by atoms with E-state index in [0.717, 1.165) is 16.8 Å². The molecule has 2 heterocycles. The second-order valence-electron chi connectivity index (χ2n) is 8.67. The second kappa shape index (κ2) is 11.0. The Balaban J connectivity index is 1.59. The zero-order valence-corrected chi connectivity index (χ0v) is 22.0. The molecule has 1 aliphatic heterocycles. The van der Waals surface area contributed by atoms with Gasteiger partial charge in [-0.15, -0.1) is 0 Å². The van der Waals surface area contributed by atoms with Crippen molar-refractivity contribution in [3.05, 3.63) is 82.6 Å². The zero-order chi connectivity index (χ0) is 25.0. The highest BCUT2D eigenvalue weighted by atomic mass is 35.5. The Kier molecular flexibility index (Phi) is 7.98. The number of anilines is 1. The van der Waals surface area contributed by atoms with Crippen LogP contribution in [0.25, 0.3) is 0 Å². The van der Waals surface area contributed by atoms with Crippen LogP contribution in [0.3, 0.4) is 0 Å². The van der Waals surface area contributed by atoms with Gasteiger partial charge in [0.15, 0.2) is 20.7 Å². The third-order valence-electron chi connectivity index (χ3n) is 5.85. The summed E-state index contributed by atoms with van der Waals surface area (Å²) in [6.07, 6.45) is 1.83. The van der Waals surface area contributed by atoms with Crippen molar-refractivity contribution < 1.29 is 13.2 Å². The number of nitrogens with zero attached hydrogens (tertiary/aromatic N) is 4. The molecule has 0 unspecified atom stereocenters. The van der Waals surface area contributed by atoms with Gasteiger partial charge in [-0.2, -0.15) is 0 Å². The summed E-state index contributed by atoms with van der Waals surface area (Å²) >= 11 is 7.78. The molecule has 0 saturated carbocycles. The summed E-state index contributed by atoms with van der Waals surface area (Å²) in [5.74, 6) is 0.264. The molecule has 35 heavy (non-hydrogen) atoms. The fraction of sp³-hybridized carbons (Fsp3) is 0.320. The van der Waals surface area contributed by atoms with Gasteiger partial charge in [0.05, 0.1) is 22.7 Å². The Morgan fingerprint density at radius 1 is 1.09 bits per heavy atom. The Morgan fingerprint density at radius 3 is 2.43 bits per heavy atom. The quantitative estimate of drug-likeness (QED) is 0.317. The monoisotopic (exact) mass is 530 g/mol. The van der Waals surface area contributed by atoms with Crippen molar-refractivity contribution in [1.29, 1.82) is 0 Å². The van der Waals surface area contributed by atoms with E-state index in [0.29, 0.717) is 17.3 Å². The summed E-state index contributed by atoms with van der Waals surface area (Å²) in [5.41, 5.74) is 3.14. The topological polar surface area (TPSA) is 83.5 Å². The number of hydrogen-bond acceptors (Lipinski definition) is 7. The average Bonchev–Trinajstić information content (AvgIpc) is 3.21. The fourth-order valence-corrected chi connectivity index (χ4v) is 6.59. The van der Waals surface area contributed by atoms with Crippen LogP contribution in [0.1, 0.15) is 28.0 Å². The van der Waals surface area contributed by atoms with Crippen LogP contribution in [0.2, 0.25) is 5.02 Å². The van der Waals surface area contributed by atoms with Crippen molar-refractivity contribution in [1.82, 2.24) is 14.9 Å². The van der Waals surface area contributed by atoms with E-state index in [1.165, 1.54) is 18.0 Å². The van der Waals surface area contributed by atoms with Gasteiger partial charge in [-0.1, -0.05) is 65.8 Å². The number of carbonyl (C=O) groups is 1. The minimum absolute atomic E-state index is 0.0627. The maximum atomic E-state index is 13.7. The normalized spacial score (nSPS) is 16.7. The Bertz CT molecular complexity index is 1290. The number of sulfone groups is 1. The lowest BCUT2D eigenvalue weighted by atomic mass is 10.1. The summed E-state index contributed by atoms with van der Waals surface area (Å²) in [4.78, 5) is 26.0. The van der Waals surface area contributed by atoms with Crippen LogP contribution in [0.15, 0.2) is 66.0 Å². The van der Waals surface area contributed by atoms with E-state index in [2.05, 4.69) is 9.97 Å². The van der Waals surface area contributed by atoms with Crippen molar-refractivity contribution >= 4 is 44.8 Å². The molecule has 4 rings (SSSR count).